The molecule has 0 atom stereocenters. The number of hydrogen-bond donors (Lipinski definition) is 0. The molecule has 0 radical (unpaired) electrons. The summed E-state index contributed by atoms with van der Waals surface area (Å²) in [7, 11) is 1.63. The molecule has 6 heteroatoms. The summed E-state index contributed by atoms with van der Waals surface area (Å²) in [6, 6.07) is 13.9. The number of carbonyl (C=O) groups is 1. The van der Waals surface area contributed by atoms with Crippen molar-refractivity contribution in [3.8, 4) is 11.4 Å². The van der Waals surface area contributed by atoms with Gasteiger partial charge in [-0.3, -0.25) is 4.79 Å². The van der Waals surface area contributed by atoms with Gasteiger partial charge in [0.05, 0.1) is 36.9 Å². The topological polar surface area (TPSA) is 47.4 Å². The van der Waals surface area contributed by atoms with E-state index in [9.17, 15) is 9.18 Å². The van der Waals surface area contributed by atoms with Crippen LogP contribution in [0.4, 0.5) is 10.1 Å². The summed E-state index contributed by atoms with van der Waals surface area (Å²) < 4.78 is 20.3. The van der Waals surface area contributed by atoms with Gasteiger partial charge in [0.25, 0.3) is 0 Å². The summed E-state index contributed by atoms with van der Waals surface area (Å²) in [5, 5.41) is 4.50. The van der Waals surface area contributed by atoms with Gasteiger partial charge in [-0.15, -0.1) is 0 Å². The number of rotatable bonds is 4. The van der Waals surface area contributed by atoms with E-state index in [1.54, 1.807) is 35.0 Å². The van der Waals surface area contributed by atoms with Gasteiger partial charge in [-0.1, -0.05) is 26.0 Å². The average molecular weight is 379 g/mol. The zero-order valence-electron chi connectivity index (χ0n) is 16.1. The van der Waals surface area contributed by atoms with E-state index >= 15 is 0 Å². The fourth-order valence-electron chi connectivity index (χ4n) is 3.60. The second-order valence-corrected chi connectivity index (χ2v) is 7.66. The minimum Gasteiger partial charge on any atom is -0.497 e. The van der Waals surface area contributed by atoms with Gasteiger partial charge in [0.15, 0.2) is 0 Å². The predicted molar refractivity (Wildman–Crippen MR) is 105 cm³/mol. The van der Waals surface area contributed by atoms with E-state index in [-0.39, 0.29) is 11.7 Å². The first-order chi connectivity index (χ1) is 13.4. The summed E-state index contributed by atoms with van der Waals surface area (Å²) >= 11 is 0. The first-order valence-corrected chi connectivity index (χ1v) is 9.17. The fourth-order valence-corrected chi connectivity index (χ4v) is 3.60. The van der Waals surface area contributed by atoms with Crippen LogP contribution in [0.3, 0.4) is 0 Å². The van der Waals surface area contributed by atoms with Crippen molar-refractivity contribution in [3.63, 3.8) is 0 Å². The Kier molecular flexibility index (Phi) is 4.41. The molecule has 1 amide bonds. The molecule has 2 aromatic carbocycles. The number of carbonyl (C=O) groups excluding carboxylic acids is 1. The number of anilines is 1. The molecule has 5 nitrogen and oxygen atoms in total. The molecular weight excluding hydrogens is 357 g/mol. The van der Waals surface area contributed by atoms with E-state index in [0.717, 1.165) is 28.4 Å². The van der Waals surface area contributed by atoms with Crippen LogP contribution < -0.4 is 9.64 Å². The minimum absolute atomic E-state index is 0.0643. The van der Waals surface area contributed by atoms with Crippen molar-refractivity contribution in [2.45, 2.75) is 26.8 Å². The van der Waals surface area contributed by atoms with Crippen molar-refractivity contribution < 1.29 is 13.9 Å². The number of fused-ring (bicyclic) bond motifs is 1. The van der Waals surface area contributed by atoms with Crippen molar-refractivity contribution in [2.24, 2.45) is 5.41 Å². The second-order valence-electron chi connectivity index (χ2n) is 7.66. The molecule has 1 aromatic heterocycles. The number of benzene rings is 2. The third kappa shape index (κ3) is 3.15. The summed E-state index contributed by atoms with van der Waals surface area (Å²) in [5.41, 5.74) is 2.97. The molecule has 1 aliphatic rings. The van der Waals surface area contributed by atoms with E-state index in [2.05, 4.69) is 5.10 Å². The van der Waals surface area contributed by atoms with E-state index in [0.29, 0.717) is 13.0 Å². The Balaban J connectivity index is 1.74. The Hall–Kier alpha value is -3.15. The largest absolute Gasteiger partial charge is 0.497 e. The maximum Gasteiger partial charge on any atom is 0.233 e. The molecule has 0 unspecified atom stereocenters. The third-order valence-electron chi connectivity index (χ3n) is 5.14. The van der Waals surface area contributed by atoms with Crippen molar-refractivity contribution >= 4 is 11.6 Å². The van der Waals surface area contributed by atoms with E-state index in [1.165, 1.54) is 12.1 Å². The SMILES string of the molecule is COc1ccc(CN2C(=O)C(C)(C)Cc3c2cnn3-c2ccc(F)cc2)cc1. The van der Waals surface area contributed by atoms with Gasteiger partial charge in [0.1, 0.15) is 11.6 Å². The quantitative estimate of drug-likeness (QED) is 0.685. The summed E-state index contributed by atoms with van der Waals surface area (Å²) in [5.74, 6) is 0.551. The molecule has 0 fully saturated rings. The number of methoxy groups -OCH3 is 1. The molecule has 0 aliphatic carbocycles. The Morgan fingerprint density at radius 2 is 1.79 bits per heavy atom. The van der Waals surface area contributed by atoms with E-state index in [4.69, 9.17) is 4.74 Å². The maximum atomic E-state index is 13.3. The smallest absolute Gasteiger partial charge is 0.233 e. The number of aromatic nitrogens is 2. The van der Waals surface area contributed by atoms with Crippen LogP contribution in [0, 0.1) is 11.2 Å². The number of nitrogens with zero attached hydrogens (tertiary/aromatic N) is 3. The molecule has 28 heavy (non-hydrogen) atoms. The molecule has 0 saturated carbocycles. The molecule has 0 spiro atoms. The van der Waals surface area contributed by atoms with Gasteiger partial charge in [-0.05, 0) is 42.0 Å². The lowest BCUT2D eigenvalue weighted by molar-refractivity contribution is -0.127. The monoisotopic (exact) mass is 379 g/mol. The van der Waals surface area contributed by atoms with Gasteiger partial charge >= 0.3 is 0 Å². The molecule has 0 bridgehead atoms. The predicted octanol–water partition coefficient (Wildman–Crippen LogP) is 4.14. The van der Waals surface area contributed by atoms with Crippen LogP contribution in [0.25, 0.3) is 5.69 Å². The van der Waals surface area contributed by atoms with Crippen LogP contribution in [0.1, 0.15) is 25.1 Å². The minimum atomic E-state index is -0.558. The molecule has 0 saturated heterocycles. The van der Waals surface area contributed by atoms with Crippen molar-refractivity contribution in [1.29, 1.82) is 0 Å². The zero-order chi connectivity index (χ0) is 19.9. The van der Waals surface area contributed by atoms with Crippen LogP contribution in [0.2, 0.25) is 0 Å². The number of amides is 1. The highest BCUT2D eigenvalue weighted by Crippen LogP contribution is 2.39. The third-order valence-corrected chi connectivity index (χ3v) is 5.14. The first-order valence-electron chi connectivity index (χ1n) is 9.17. The maximum absolute atomic E-state index is 13.3. The molecule has 4 rings (SSSR count). The molecule has 1 aliphatic heterocycles. The van der Waals surface area contributed by atoms with Gasteiger partial charge in [-0.25, -0.2) is 9.07 Å². The lowest BCUT2D eigenvalue weighted by atomic mass is 9.82. The van der Waals surface area contributed by atoms with Crippen LogP contribution in [-0.4, -0.2) is 22.8 Å². The first kappa shape index (κ1) is 18.2. The molecule has 0 N–H and O–H groups in total. The van der Waals surface area contributed by atoms with Crippen LogP contribution >= 0.6 is 0 Å². The number of halogens is 1. The van der Waals surface area contributed by atoms with Crippen molar-refractivity contribution in [3.05, 3.63) is 71.8 Å². The Morgan fingerprint density at radius 1 is 1.11 bits per heavy atom. The van der Waals surface area contributed by atoms with Gasteiger partial charge in [0, 0.05) is 11.8 Å². The number of ether oxygens (including phenoxy) is 1. The van der Waals surface area contributed by atoms with Gasteiger partial charge < -0.3 is 9.64 Å². The Morgan fingerprint density at radius 3 is 2.43 bits per heavy atom. The van der Waals surface area contributed by atoms with Crippen LogP contribution in [-0.2, 0) is 17.8 Å². The normalized spacial score (nSPS) is 15.4. The molecule has 144 valence electrons. The molecule has 3 aromatic rings. The summed E-state index contributed by atoms with van der Waals surface area (Å²) in [4.78, 5) is 14.9. The highest BCUT2D eigenvalue weighted by molar-refractivity contribution is 5.99. The fraction of sp³-hybridized carbons (Fsp3) is 0.273. The van der Waals surface area contributed by atoms with E-state index in [1.807, 2.05) is 38.1 Å². The van der Waals surface area contributed by atoms with Crippen molar-refractivity contribution in [1.82, 2.24) is 9.78 Å². The van der Waals surface area contributed by atoms with Crippen LogP contribution in [0.5, 0.6) is 5.75 Å². The van der Waals surface area contributed by atoms with E-state index < -0.39 is 5.41 Å². The molecule has 2 heterocycles. The lowest BCUT2D eigenvalue weighted by Gasteiger charge is -2.37. The zero-order valence-corrected chi connectivity index (χ0v) is 16.1. The van der Waals surface area contributed by atoms with Gasteiger partial charge in [-0.2, -0.15) is 5.10 Å². The standard InChI is InChI=1S/C22H22FN3O2/c1-22(2)12-19-20(13-24-26(19)17-8-6-16(23)7-9-17)25(21(22)27)14-15-4-10-18(28-3)11-5-15/h4-11,13H,12,14H2,1-3H3. The molecular formula is C22H22FN3O2. The van der Waals surface area contributed by atoms with Gasteiger partial charge in [0.2, 0.25) is 5.91 Å². The Bertz CT molecular complexity index is 1010. The average Bonchev–Trinajstić information content (AvgIpc) is 3.09. The highest BCUT2D eigenvalue weighted by Gasteiger charge is 2.41. The number of hydrogen-bond acceptors (Lipinski definition) is 3. The Labute approximate surface area is 163 Å². The highest BCUT2D eigenvalue weighted by atomic mass is 19.1. The van der Waals surface area contributed by atoms with Crippen LogP contribution in [0.15, 0.2) is 54.7 Å². The second kappa shape index (κ2) is 6.78. The summed E-state index contributed by atoms with van der Waals surface area (Å²) in [6.07, 6.45) is 2.28. The summed E-state index contributed by atoms with van der Waals surface area (Å²) in [6.45, 7) is 4.34. The van der Waals surface area contributed by atoms with Crippen molar-refractivity contribution in [2.75, 3.05) is 12.0 Å². The lowest BCUT2D eigenvalue weighted by Crippen LogP contribution is -2.46.